The Kier molecular flexibility index (Phi) is 4.04. The third-order valence-corrected chi connectivity index (χ3v) is 4.53. The van der Waals surface area contributed by atoms with Crippen LogP contribution in [0, 0.1) is 0 Å². The summed E-state index contributed by atoms with van der Waals surface area (Å²) >= 11 is 0. The van der Waals surface area contributed by atoms with E-state index in [1.165, 1.54) is 16.3 Å². The number of hydrogen-bond donors (Lipinski definition) is 2. The second kappa shape index (κ2) is 6.49. The number of aromatic nitrogens is 2. The zero-order valence-electron chi connectivity index (χ0n) is 14.0. The van der Waals surface area contributed by atoms with E-state index in [0.717, 1.165) is 5.52 Å². The van der Waals surface area contributed by atoms with Crippen LogP contribution in [0.2, 0.25) is 0 Å². The zero-order chi connectivity index (χ0) is 17.2. The molecule has 1 atom stereocenters. The molecule has 0 aliphatic carbocycles. The molecule has 2 N–H and O–H groups in total. The van der Waals surface area contributed by atoms with Gasteiger partial charge in [-0.05, 0) is 35.4 Å². The minimum atomic E-state index is -0.0970. The van der Waals surface area contributed by atoms with Crippen molar-refractivity contribution in [1.29, 1.82) is 0 Å². The van der Waals surface area contributed by atoms with Gasteiger partial charge in [0.1, 0.15) is 5.82 Å². The van der Waals surface area contributed by atoms with Gasteiger partial charge in [0, 0.05) is 6.04 Å². The molecule has 4 rings (SSSR count). The summed E-state index contributed by atoms with van der Waals surface area (Å²) in [6.07, 6.45) is 0. The van der Waals surface area contributed by atoms with Crippen molar-refractivity contribution in [2.45, 2.75) is 19.5 Å². The molecule has 0 spiro atoms. The molecule has 0 bridgehead atoms. The minimum absolute atomic E-state index is 0.0970. The monoisotopic (exact) mass is 329 g/mol. The molecular formula is C21H19N3O. The molecule has 0 aliphatic heterocycles. The van der Waals surface area contributed by atoms with Crippen molar-refractivity contribution in [3.8, 4) is 0 Å². The Morgan fingerprint density at radius 1 is 0.960 bits per heavy atom. The molecule has 3 aromatic carbocycles. The molecule has 4 nitrogen and oxygen atoms in total. The molecule has 0 aliphatic rings. The smallest absolute Gasteiger partial charge is 0.258 e. The largest absolute Gasteiger partial charge is 0.309 e. The van der Waals surface area contributed by atoms with Gasteiger partial charge in [-0.1, -0.05) is 54.6 Å². The first kappa shape index (κ1) is 15.5. The lowest BCUT2D eigenvalue weighted by Gasteiger charge is -2.16. The number of benzene rings is 3. The highest BCUT2D eigenvalue weighted by Crippen LogP contribution is 2.24. The average Bonchev–Trinajstić information content (AvgIpc) is 2.66. The van der Waals surface area contributed by atoms with Gasteiger partial charge in [0.2, 0.25) is 0 Å². The van der Waals surface area contributed by atoms with Crippen molar-refractivity contribution in [2.75, 3.05) is 0 Å². The Balaban J connectivity index is 1.59. The van der Waals surface area contributed by atoms with E-state index in [-0.39, 0.29) is 11.6 Å². The van der Waals surface area contributed by atoms with E-state index >= 15 is 0 Å². The molecule has 4 heteroatoms. The van der Waals surface area contributed by atoms with Crippen LogP contribution < -0.4 is 10.9 Å². The molecular weight excluding hydrogens is 310 g/mol. The lowest BCUT2D eigenvalue weighted by molar-refractivity contribution is 0.562. The van der Waals surface area contributed by atoms with Gasteiger partial charge < -0.3 is 10.3 Å². The number of para-hydroxylation sites is 1. The number of hydrogen-bond acceptors (Lipinski definition) is 3. The van der Waals surface area contributed by atoms with Crippen molar-refractivity contribution < 1.29 is 0 Å². The number of rotatable bonds is 4. The summed E-state index contributed by atoms with van der Waals surface area (Å²) in [6, 6.07) is 22.2. The van der Waals surface area contributed by atoms with E-state index < -0.39 is 0 Å². The van der Waals surface area contributed by atoms with E-state index in [0.29, 0.717) is 17.8 Å². The molecule has 0 saturated heterocycles. The summed E-state index contributed by atoms with van der Waals surface area (Å²) in [5.41, 5.74) is 1.86. The van der Waals surface area contributed by atoms with E-state index in [4.69, 9.17) is 0 Å². The van der Waals surface area contributed by atoms with Crippen LogP contribution in [-0.4, -0.2) is 9.97 Å². The van der Waals surface area contributed by atoms with Gasteiger partial charge in [0.25, 0.3) is 5.56 Å². The maximum absolute atomic E-state index is 12.2. The summed E-state index contributed by atoms with van der Waals surface area (Å²) in [5.74, 6) is 0.649. The molecule has 0 amide bonds. The fraction of sp³-hybridized carbons (Fsp3) is 0.143. The maximum Gasteiger partial charge on any atom is 0.258 e. The molecule has 1 heterocycles. The van der Waals surface area contributed by atoms with Gasteiger partial charge in [-0.25, -0.2) is 4.98 Å². The highest BCUT2D eigenvalue weighted by Gasteiger charge is 2.10. The molecule has 0 unspecified atom stereocenters. The van der Waals surface area contributed by atoms with Crippen LogP contribution in [0.15, 0.2) is 71.5 Å². The number of fused-ring (bicyclic) bond motifs is 2. The standard InChI is InChI=1S/C21H19N3O/c1-14(16-11-6-8-15-7-2-3-9-17(15)16)22-13-20-23-19-12-5-4-10-18(19)21(25)24-20/h2-12,14,22H,13H2,1H3,(H,23,24,25)/t14-/m0/s1. The highest BCUT2D eigenvalue weighted by atomic mass is 16.1. The lowest BCUT2D eigenvalue weighted by atomic mass is 10.00. The fourth-order valence-electron chi connectivity index (χ4n) is 3.21. The van der Waals surface area contributed by atoms with E-state index in [1.807, 2.05) is 24.3 Å². The van der Waals surface area contributed by atoms with Crippen LogP contribution in [0.1, 0.15) is 24.4 Å². The Morgan fingerprint density at radius 2 is 1.68 bits per heavy atom. The molecule has 4 aromatic rings. The average molecular weight is 329 g/mol. The second-order valence-corrected chi connectivity index (χ2v) is 6.20. The van der Waals surface area contributed by atoms with Crippen molar-refractivity contribution in [1.82, 2.24) is 15.3 Å². The van der Waals surface area contributed by atoms with E-state index in [2.05, 4.69) is 58.6 Å². The Labute approximate surface area is 145 Å². The van der Waals surface area contributed by atoms with Crippen LogP contribution in [0.4, 0.5) is 0 Å². The number of nitrogens with one attached hydrogen (secondary N) is 2. The Morgan fingerprint density at radius 3 is 2.56 bits per heavy atom. The maximum atomic E-state index is 12.2. The van der Waals surface area contributed by atoms with Crippen LogP contribution in [0.25, 0.3) is 21.7 Å². The predicted octanol–water partition coefficient (Wildman–Crippen LogP) is 3.93. The van der Waals surface area contributed by atoms with Gasteiger partial charge in [-0.2, -0.15) is 0 Å². The second-order valence-electron chi connectivity index (χ2n) is 6.20. The molecule has 0 saturated carbocycles. The van der Waals surface area contributed by atoms with Crippen LogP contribution in [-0.2, 0) is 6.54 Å². The number of nitrogens with zero attached hydrogens (tertiary/aromatic N) is 1. The van der Waals surface area contributed by atoms with Gasteiger partial charge in [-0.15, -0.1) is 0 Å². The molecule has 0 fully saturated rings. The first-order valence-corrected chi connectivity index (χ1v) is 8.41. The molecule has 25 heavy (non-hydrogen) atoms. The van der Waals surface area contributed by atoms with E-state index in [1.54, 1.807) is 6.07 Å². The number of H-pyrrole nitrogens is 1. The van der Waals surface area contributed by atoms with E-state index in [9.17, 15) is 4.79 Å². The van der Waals surface area contributed by atoms with Gasteiger partial charge in [-0.3, -0.25) is 4.79 Å². The Bertz CT molecular complexity index is 1100. The third kappa shape index (κ3) is 3.04. The summed E-state index contributed by atoms with van der Waals surface area (Å²) in [6.45, 7) is 2.63. The first-order valence-electron chi connectivity index (χ1n) is 8.41. The van der Waals surface area contributed by atoms with Crippen molar-refractivity contribution in [3.63, 3.8) is 0 Å². The van der Waals surface area contributed by atoms with Crippen molar-refractivity contribution >= 4 is 21.7 Å². The first-order chi connectivity index (χ1) is 12.2. The SMILES string of the molecule is C[C@H](NCc1nc2ccccc2c(=O)[nH]1)c1cccc2ccccc12. The third-order valence-electron chi connectivity index (χ3n) is 4.53. The normalized spacial score (nSPS) is 12.5. The summed E-state index contributed by atoms with van der Waals surface area (Å²) in [7, 11) is 0. The summed E-state index contributed by atoms with van der Waals surface area (Å²) in [4.78, 5) is 19.6. The van der Waals surface area contributed by atoms with Crippen LogP contribution >= 0.6 is 0 Å². The van der Waals surface area contributed by atoms with Gasteiger partial charge in [0.15, 0.2) is 0 Å². The Hall–Kier alpha value is -2.98. The quantitative estimate of drug-likeness (QED) is 0.596. The van der Waals surface area contributed by atoms with Gasteiger partial charge in [0.05, 0.1) is 17.4 Å². The van der Waals surface area contributed by atoms with Crippen LogP contribution in [0.3, 0.4) is 0 Å². The summed E-state index contributed by atoms with van der Waals surface area (Å²) < 4.78 is 0. The molecule has 0 radical (unpaired) electrons. The van der Waals surface area contributed by atoms with Gasteiger partial charge >= 0.3 is 0 Å². The van der Waals surface area contributed by atoms with Crippen molar-refractivity contribution in [3.05, 3.63) is 88.5 Å². The topological polar surface area (TPSA) is 57.8 Å². The highest BCUT2D eigenvalue weighted by molar-refractivity contribution is 5.86. The summed E-state index contributed by atoms with van der Waals surface area (Å²) in [5, 5.41) is 6.55. The zero-order valence-corrected chi connectivity index (χ0v) is 14.0. The number of aromatic amines is 1. The van der Waals surface area contributed by atoms with Crippen LogP contribution in [0.5, 0.6) is 0 Å². The predicted molar refractivity (Wildman–Crippen MR) is 102 cm³/mol. The fourth-order valence-corrected chi connectivity index (χ4v) is 3.21. The van der Waals surface area contributed by atoms with Crippen molar-refractivity contribution in [2.24, 2.45) is 0 Å². The lowest BCUT2D eigenvalue weighted by Crippen LogP contribution is -2.22. The minimum Gasteiger partial charge on any atom is -0.309 e. The molecule has 124 valence electrons. The molecule has 1 aromatic heterocycles.